The smallest absolute Gasteiger partial charge is 0.315 e. The van der Waals surface area contributed by atoms with Gasteiger partial charge >= 0.3 is 6.01 Å². The lowest BCUT2D eigenvalue weighted by Gasteiger charge is -2.03. The van der Waals surface area contributed by atoms with Crippen LogP contribution in [0.25, 0.3) is 0 Å². The van der Waals surface area contributed by atoms with E-state index in [1.807, 2.05) is 13.1 Å². The molecule has 0 radical (unpaired) electrons. The molecule has 7 heteroatoms. The Hall–Kier alpha value is -1.47. The number of thiazole rings is 1. The first-order valence-corrected chi connectivity index (χ1v) is 7.13. The highest BCUT2D eigenvalue weighted by Gasteiger charge is 2.06. The van der Waals surface area contributed by atoms with Gasteiger partial charge in [-0.15, -0.1) is 16.4 Å². The van der Waals surface area contributed by atoms with Gasteiger partial charge in [0.15, 0.2) is 0 Å². The van der Waals surface area contributed by atoms with Gasteiger partial charge in [0.2, 0.25) is 5.89 Å². The SMILES string of the molecule is Cc1cnc(CNc2nnc(CNCC(C)C)o2)s1. The van der Waals surface area contributed by atoms with Crippen molar-refractivity contribution in [2.75, 3.05) is 11.9 Å². The predicted octanol–water partition coefficient (Wildman–Crippen LogP) is 2.19. The van der Waals surface area contributed by atoms with Gasteiger partial charge < -0.3 is 15.1 Å². The number of nitrogens with zero attached hydrogens (tertiary/aromatic N) is 3. The highest BCUT2D eigenvalue weighted by atomic mass is 32.1. The zero-order valence-electron chi connectivity index (χ0n) is 11.4. The number of nitrogens with one attached hydrogen (secondary N) is 2. The highest BCUT2D eigenvalue weighted by molar-refractivity contribution is 7.11. The molecular weight excluding hydrogens is 262 g/mol. The van der Waals surface area contributed by atoms with Gasteiger partial charge in [-0.25, -0.2) is 4.98 Å². The summed E-state index contributed by atoms with van der Waals surface area (Å²) in [6.45, 7) is 8.49. The Kier molecular flexibility index (Phi) is 4.86. The van der Waals surface area contributed by atoms with E-state index >= 15 is 0 Å². The molecule has 2 aromatic rings. The van der Waals surface area contributed by atoms with E-state index in [4.69, 9.17) is 4.42 Å². The fraction of sp³-hybridized carbons (Fsp3) is 0.583. The van der Waals surface area contributed by atoms with Gasteiger partial charge in [-0.1, -0.05) is 18.9 Å². The molecule has 0 aliphatic heterocycles. The summed E-state index contributed by atoms with van der Waals surface area (Å²) in [6.07, 6.45) is 1.86. The van der Waals surface area contributed by atoms with E-state index in [9.17, 15) is 0 Å². The van der Waals surface area contributed by atoms with Crippen LogP contribution in [0.15, 0.2) is 10.6 Å². The molecule has 2 rings (SSSR count). The lowest BCUT2D eigenvalue weighted by atomic mass is 10.2. The molecule has 19 heavy (non-hydrogen) atoms. The predicted molar refractivity (Wildman–Crippen MR) is 75.0 cm³/mol. The molecule has 0 aliphatic rings. The molecule has 0 aromatic carbocycles. The Labute approximate surface area is 116 Å². The summed E-state index contributed by atoms with van der Waals surface area (Å²) in [5.74, 6) is 1.20. The van der Waals surface area contributed by atoms with Crippen LogP contribution in [0, 0.1) is 12.8 Å². The van der Waals surface area contributed by atoms with E-state index < -0.39 is 0 Å². The maximum atomic E-state index is 5.48. The minimum absolute atomic E-state index is 0.439. The summed E-state index contributed by atoms with van der Waals surface area (Å²) >= 11 is 1.66. The Balaban J connectivity index is 1.77. The van der Waals surface area contributed by atoms with Crippen LogP contribution in [0.4, 0.5) is 6.01 Å². The van der Waals surface area contributed by atoms with Crippen LogP contribution >= 0.6 is 11.3 Å². The molecule has 0 saturated heterocycles. The topological polar surface area (TPSA) is 75.9 Å². The average Bonchev–Trinajstić information content (AvgIpc) is 2.95. The lowest BCUT2D eigenvalue weighted by molar-refractivity contribution is 0.458. The second-order valence-electron chi connectivity index (χ2n) is 4.74. The molecule has 0 spiro atoms. The van der Waals surface area contributed by atoms with Crippen molar-refractivity contribution in [2.24, 2.45) is 5.92 Å². The van der Waals surface area contributed by atoms with Crippen LogP contribution < -0.4 is 10.6 Å². The molecule has 0 aliphatic carbocycles. The molecule has 2 N–H and O–H groups in total. The number of rotatable bonds is 7. The van der Waals surface area contributed by atoms with Crippen molar-refractivity contribution >= 4 is 17.4 Å². The summed E-state index contributed by atoms with van der Waals surface area (Å²) in [5, 5.41) is 15.3. The molecule has 0 unspecified atom stereocenters. The van der Waals surface area contributed by atoms with E-state index in [-0.39, 0.29) is 0 Å². The summed E-state index contributed by atoms with van der Waals surface area (Å²) < 4.78 is 5.48. The van der Waals surface area contributed by atoms with Gasteiger partial charge in [-0.3, -0.25) is 0 Å². The van der Waals surface area contributed by atoms with Crippen LogP contribution in [0.2, 0.25) is 0 Å². The Morgan fingerprint density at radius 2 is 2.16 bits per heavy atom. The quantitative estimate of drug-likeness (QED) is 0.810. The van der Waals surface area contributed by atoms with Gasteiger partial charge in [-0.2, -0.15) is 0 Å². The van der Waals surface area contributed by atoms with Crippen molar-refractivity contribution < 1.29 is 4.42 Å². The van der Waals surface area contributed by atoms with Gasteiger partial charge in [-0.05, 0) is 19.4 Å². The van der Waals surface area contributed by atoms with Crippen LogP contribution in [0.5, 0.6) is 0 Å². The third-order valence-corrected chi connectivity index (χ3v) is 3.27. The first kappa shape index (κ1) is 14.0. The van der Waals surface area contributed by atoms with Crippen molar-refractivity contribution in [3.05, 3.63) is 22.0 Å². The third kappa shape index (κ3) is 4.60. The molecule has 0 fully saturated rings. The van der Waals surface area contributed by atoms with Crippen LogP contribution in [-0.2, 0) is 13.1 Å². The molecule has 0 amide bonds. The number of aromatic nitrogens is 3. The van der Waals surface area contributed by atoms with E-state index in [0.29, 0.717) is 30.9 Å². The third-order valence-electron chi connectivity index (χ3n) is 2.36. The Morgan fingerprint density at radius 1 is 1.32 bits per heavy atom. The molecule has 0 atom stereocenters. The van der Waals surface area contributed by atoms with Gasteiger partial charge in [0, 0.05) is 11.1 Å². The average molecular weight is 281 g/mol. The highest BCUT2D eigenvalue weighted by Crippen LogP contribution is 2.13. The second-order valence-corrected chi connectivity index (χ2v) is 6.06. The maximum absolute atomic E-state index is 5.48. The maximum Gasteiger partial charge on any atom is 0.315 e. The normalized spacial score (nSPS) is 11.2. The Morgan fingerprint density at radius 3 is 2.84 bits per heavy atom. The molecule has 104 valence electrons. The minimum Gasteiger partial charge on any atom is -0.407 e. The lowest BCUT2D eigenvalue weighted by Crippen LogP contribution is -2.19. The fourth-order valence-electron chi connectivity index (χ4n) is 1.50. The molecule has 2 aromatic heterocycles. The zero-order chi connectivity index (χ0) is 13.7. The van der Waals surface area contributed by atoms with Crippen LogP contribution in [0.3, 0.4) is 0 Å². The monoisotopic (exact) mass is 281 g/mol. The first-order chi connectivity index (χ1) is 9.13. The van der Waals surface area contributed by atoms with Crippen LogP contribution in [-0.4, -0.2) is 21.7 Å². The fourth-order valence-corrected chi connectivity index (χ4v) is 2.23. The number of aryl methyl sites for hydroxylation is 1. The second kappa shape index (κ2) is 6.63. The van der Waals surface area contributed by atoms with Gasteiger partial charge in [0.05, 0.1) is 13.1 Å². The zero-order valence-corrected chi connectivity index (χ0v) is 12.3. The summed E-state index contributed by atoms with van der Waals surface area (Å²) in [4.78, 5) is 5.46. The van der Waals surface area contributed by atoms with Gasteiger partial charge in [0.25, 0.3) is 0 Å². The van der Waals surface area contributed by atoms with E-state index in [1.165, 1.54) is 4.88 Å². The van der Waals surface area contributed by atoms with Crippen molar-refractivity contribution in [3.63, 3.8) is 0 Å². The molecule has 0 saturated carbocycles. The van der Waals surface area contributed by atoms with E-state index in [2.05, 4.69) is 39.7 Å². The largest absolute Gasteiger partial charge is 0.407 e. The van der Waals surface area contributed by atoms with Gasteiger partial charge in [0.1, 0.15) is 5.01 Å². The first-order valence-electron chi connectivity index (χ1n) is 6.31. The van der Waals surface area contributed by atoms with E-state index in [0.717, 1.165) is 11.6 Å². The summed E-state index contributed by atoms with van der Waals surface area (Å²) in [5.41, 5.74) is 0. The van der Waals surface area contributed by atoms with Crippen molar-refractivity contribution in [1.82, 2.24) is 20.5 Å². The van der Waals surface area contributed by atoms with E-state index in [1.54, 1.807) is 11.3 Å². The molecule has 0 bridgehead atoms. The number of hydrogen-bond acceptors (Lipinski definition) is 7. The standard InChI is InChI=1S/C12H19N5OS/c1-8(2)4-13-6-10-16-17-12(18-10)15-7-11-14-5-9(3)19-11/h5,8,13H,4,6-7H2,1-3H3,(H,15,17). The molecular formula is C12H19N5OS. The molecule has 2 heterocycles. The van der Waals surface area contributed by atoms with Crippen molar-refractivity contribution in [3.8, 4) is 0 Å². The number of hydrogen-bond donors (Lipinski definition) is 2. The molecule has 6 nitrogen and oxygen atoms in total. The number of anilines is 1. The van der Waals surface area contributed by atoms with Crippen LogP contribution in [0.1, 0.15) is 29.6 Å². The Bertz CT molecular complexity index is 508. The van der Waals surface area contributed by atoms with Crippen molar-refractivity contribution in [1.29, 1.82) is 0 Å². The summed E-state index contributed by atoms with van der Waals surface area (Å²) in [7, 11) is 0. The minimum atomic E-state index is 0.439. The summed E-state index contributed by atoms with van der Waals surface area (Å²) in [6, 6.07) is 0.439. The van der Waals surface area contributed by atoms with Crippen molar-refractivity contribution in [2.45, 2.75) is 33.9 Å².